The quantitative estimate of drug-likeness (QED) is 0.250. The van der Waals surface area contributed by atoms with Gasteiger partial charge in [-0.25, -0.2) is 14.0 Å². The van der Waals surface area contributed by atoms with E-state index in [-0.39, 0.29) is 24.9 Å². The van der Waals surface area contributed by atoms with Crippen molar-refractivity contribution in [1.82, 2.24) is 4.90 Å². The molecule has 0 saturated heterocycles. The summed E-state index contributed by atoms with van der Waals surface area (Å²) in [5.74, 6) is -0.101. The molecule has 8 nitrogen and oxygen atoms in total. The number of carboxylic acids is 1. The molecule has 0 bridgehead atoms. The van der Waals surface area contributed by atoms with Gasteiger partial charge in [-0.3, -0.25) is 0 Å². The maximum Gasteiger partial charge on any atom is 0.333 e. The SMILES string of the molecule is CCOC(Cc1ccc(OCCN(CCCc2ccc(F)cc2)C(=O)Nc2cc(C)ccc2OC)cc1)C(=O)O. The van der Waals surface area contributed by atoms with Crippen LogP contribution in [0, 0.1) is 12.7 Å². The Kier molecular flexibility index (Phi) is 11.8. The molecule has 0 heterocycles. The van der Waals surface area contributed by atoms with Crippen LogP contribution in [0.2, 0.25) is 0 Å². The zero-order valence-electron chi connectivity index (χ0n) is 23.2. The van der Waals surface area contributed by atoms with Gasteiger partial charge < -0.3 is 29.5 Å². The van der Waals surface area contributed by atoms with E-state index in [0.29, 0.717) is 49.7 Å². The number of carboxylic acid groups (broad SMARTS) is 1. The van der Waals surface area contributed by atoms with E-state index < -0.39 is 12.1 Å². The third kappa shape index (κ3) is 9.57. The number of aliphatic carboxylic acids is 1. The highest BCUT2D eigenvalue weighted by molar-refractivity contribution is 5.91. The second-order valence-electron chi connectivity index (χ2n) is 9.33. The predicted octanol–water partition coefficient (Wildman–Crippen LogP) is 5.72. The van der Waals surface area contributed by atoms with Crippen LogP contribution in [0.25, 0.3) is 0 Å². The van der Waals surface area contributed by atoms with E-state index >= 15 is 0 Å². The average molecular weight is 553 g/mol. The lowest BCUT2D eigenvalue weighted by atomic mass is 10.1. The Morgan fingerprint density at radius 2 is 1.70 bits per heavy atom. The number of hydrogen-bond acceptors (Lipinski definition) is 5. The van der Waals surface area contributed by atoms with Crippen LogP contribution in [0.1, 0.15) is 30.0 Å². The molecular weight excluding hydrogens is 515 g/mol. The summed E-state index contributed by atoms with van der Waals surface area (Å²) < 4.78 is 29.8. The van der Waals surface area contributed by atoms with Crippen LogP contribution in [0.3, 0.4) is 0 Å². The van der Waals surface area contributed by atoms with Crippen LogP contribution in [0.4, 0.5) is 14.9 Å². The van der Waals surface area contributed by atoms with Gasteiger partial charge in [0, 0.05) is 19.6 Å². The monoisotopic (exact) mass is 552 g/mol. The lowest BCUT2D eigenvalue weighted by Crippen LogP contribution is -2.38. The van der Waals surface area contributed by atoms with Crippen molar-refractivity contribution < 1.29 is 33.3 Å². The number of methoxy groups -OCH3 is 1. The highest BCUT2D eigenvalue weighted by Gasteiger charge is 2.18. The molecule has 3 rings (SSSR count). The highest BCUT2D eigenvalue weighted by atomic mass is 19.1. The number of carbonyl (C=O) groups excluding carboxylic acids is 1. The molecule has 1 unspecified atom stereocenters. The number of ether oxygens (including phenoxy) is 3. The second kappa shape index (κ2) is 15.5. The molecular formula is C31H37FN2O6. The summed E-state index contributed by atoms with van der Waals surface area (Å²) in [5, 5.41) is 12.2. The van der Waals surface area contributed by atoms with Crippen LogP contribution in [0.5, 0.6) is 11.5 Å². The van der Waals surface area contributed by atoms with E-state index in [1.54, 1.807) is 43.2 Å². The number of halogens is 1. The number of nitrogens with one attached hydrogen (secondary N) is 1. The predicted molar refractivity (Wildman–Crippen MR) is 152 cm³/mol. The fraction of sp³-hybridized carbons (Fsp3) is 0.355. The Hall–Kier alpha value is -4.11. The number of benzene rings is 3. The minimum Gasteiger partial charge on any atom is -0.495 e. The van der Waals surface area contributed by atoms with Crippen molar-refractivity contribution in [3.8, 4) is 11.5 Å². The van der Waals surface area contributed by atoms with Gasteiger partial charge >= 0.3 is 12.0 Å². The van der Waals surface area contributed by atoms with Gasteiger partial charge in [0.2, 0.25) is 0 Å². The lowest BCUT2D eigenvalue weighted by molar-refractivity contribution is -0.149. The summed E-state index contributed by atoms with van der Waals surface area (Å²) in [7, 11) is 1.55. The van der Waals surface area contributed by atoms with Crippen LogP contribution in [0.15, 0.2) is 66.7 Å². The fourth-order valence-electron chi connectivity index (χ4n) is 4.18. The average Bonchev–Trinajstić information content (AvgIpc) is 2.94. The molecule has 0 aliphatic heterocycles. The van der Waals surface area contributed by atoms with Crippen LogP contribution in [-0.2, 0) is 22.4 Å². The van der Waals surface area contributed by atoms with E-state index in [4.69, 9.17) is 14.2 Å². The molecule has 0 saturated carbocycles. The highest BCUT2D eigenvalue weighted by Crippen LogP contribution is 2.25. The van der Waals surface area contributed by atoms with Crippen LogP contribution < -0.4 is 14.8 Å². The molecule has 0 spiro atoms. The summed E-state index contributed by atoms with van der Waals surface area (Å²) in [4.78, 5) is 26.3. The molecule has 3 aromatic carbocycles. The van der Waals surface area contributed by atoms with Crippen molar-refractivity contribution in [1.29, 1.82) is 0 Å². The molecule has 9 heteroatoms. The summed E-state index contributed by atoms with van der Waals surface area (Å²) >= 11 is 0. The van der Waals surface area contributed by atoms with E-state index in [9.17, 15) is 19.1 Å². The van der Waals surface area contributed by atoms with Gasteiger partial charge in [0.05, 0.1) is 19.3 Å². The van der Waals surface area contributed by atoms with Gasteiger partial charge in [0.1, 0.15) is 23.9 Å². The molecule has 214 valence electrons. The number of nitrogens with zero attached hydrogens (tertiary/aromatic N) is 1. The first-order chi connectivity index (χ1) is 19.3. The minimum atomic E-state index is -0.997. The number of amides is 2. The van der Waals surface area contributed by atoms with Crippen molar-refractivity contribution in [2.45, 2.75) is 39.2 Å². The zero-order valence-corrected chi connectivity index (χ0v) is 23.2. The van der Waals surface area contributed by atoms with Gasteiger partial charge in [-0.15, -0.1) is 0 Å². The molecule has 0 aromatic heterocycles. The van der Waals surface area contributed by atoms with E-state index in [0.717, 1.165) is 16.7 Å². The van der Waals surface area contributed by atoms with Crippen molar-refractivity contribution in [3.63, 3.8) is 0 Å². The van der Waals surface area contributed by atoms with Crippen LogP contribution >= 0.6 is 0 Å². The first-order valence-corrected chi connectivity index (χ1v) is 13.3. The molecule has 0 aliphatic carbocycles. The van der Waals surface area contributed by atoms with E-state index in [1.807, 2.05) is 37.3 Å². The van der Waals surface area contributed by atoms with E-state index in [2.05, 4.69) is 5.32 Å². The van der Waals surface area contributed by atoms with Gasteiger partial charge in [0.15, 0.2) is 6.10 Å². The Bertz CT molecular complexity index is 1230. The summed E-state index contributed by atoms with van der Waals surface area (Å²) in [6, 6.07) is 18.8. The topological polar surface area (TPSA) is 97.3 Å². The smallest absolute Gasteiger partial charge is 0.333 e. The van der Waals surface area contributed by atoms with Gasteiger partial charge in [0.25, 0.3) is 0 Å². The summed E-state index contributed by atoms with van der Waals surface area (Å²) in [6.45, 7) is 5.07. The Balaban J connectivity index is 1.61. The Morgan fingerprint density at radius 1 is 1.00 bits per heavy atom. The number of anilines is 1. The Morgan fingerprint density at radius 3 is 2.35 bits per heavy atom. The molecule has 40 heavy (non-hydrogen) atoms. The van der Waals surface area contributed by atoms with Crippen molar-refractivity contribution in [2.24, 2.45) is 0 Å². The van der Waals surface area contributed by atoms with Crippen molar-refractivity contribution >= 4 is 17.7 Å². The summed E-state index contributed by atoms with van der Waals surface area (Å²) in [5.41, 5.74) is 3.39. The third-order valence-electron chi connectivity index (χ3n) is 6.31. The minimum absolute atomic E-state index is 0.255. The first kappa shape index (κ1) is 30.4. The van der Waals surface area contributed by atoms with Crippen LogP contribution in [-0.4, -0.2) is 61.5 Å². The molecule has 3 aromatic rings. The van der Waals surface area contributed by atoms with Gasteiger partial charge in [-0.2, -0.15) is 0 Å². The molecule has 1 atom stereocenters. The Labute approximate surface area is 234 Å². The third-order valence-corrected chi connectivity index (χ3v) is 6.31. The van der Waals surface area contributed by atoms with Gasteiger partial charge in [-0.1, -0.05) is 30.3 Å². The fourth-order valence-corrected chi connectivity index (χ4v) is 4.18. The second-order valence-corrected chi connectivity index (χ2v) is 9.33. The maximum atomic E-state index is 13.3. The summed E-state index contributed by atoms with van der Waals surface area (Å²) in [6.07, 6.45) is 0.738. The van der Waals surface area contributed by atoms with Gasteiger partial charge in [-0.05, 0) is 79.8 Å². The number of carbonyl (C=O) groups is 2. The first-order valence-electron chi connectivity index (χ1n) is 13.3. The number of rotatable bonds is 15. The number of urea groups is 1. The van der Waals surface area contributed by atoms with Crippen molar-refractivity contribution in [3.05, 3.63) is 89.2 Å². The molecule has 2 amide bonds. The largest absolute Gasteiger partial charge is 0.495 e. The molecule has 0 aliphatic rings. The molecule has 0 fully saturated rings. The lowest BCUT2D eigenvalue weighted by Gasteiger charge is -2.24. The maximum absolute atomic E-state index is 13.3. The van der Waals surface area contributed by atoms with Crippen molar-refractivity contribution in [2.75, 3.05) is 38.7 Å². The normalized spacial score (nSPS) is 11.5. The van der Waals surface area contributed by atoms with E-state index in [1.165, 1.54) is 12.1 Å². The number of hydrogen-bond donors (Lipinski definition) is 2. The molecule has 0 radical (unpaired) electrons. The number of aryl methyl sites for hydroxylation is 2. The standard InChI is InChI=1S/C31H37FN2O6/c1-4-39-29(30(35)36)21-24-10-14-26(15-11-24)40-19-18-34(17-5-6-23-8-12-25(32)13-9-23)31(37)33-27-20-22(2)7-16-28(27)38-3/h7-16,20,29H,4-6,17-19,21H2,1-3H3,(H,33,37)(H,35,36). The zero-order chi connectivity index (χ0) is 28.9. The molecule has 2 N–H and O–H groups in total.